The van der Waals surface area contributed by atoms with E-state index in [9.17, 15) is 5.11 Å². The third-order valence-electron chi connectivity index (χ3n) is 1.74. The maximum absolute atomic E-state index is 9.55. The lowest BCUT2D eigenvalue weighted by atomic mass is 10.1. The van der Waals surface area contributed by atoms with Gasteiger partial charge in [0.15, 0.2) is 0 Å². The summed E-state index contributed by atoms with van der Waals surface area (Å²) in [4.78, 5) is 0. The molecule has 0 bridgehead atoms. The standard InChI is InChI=1S/C10H13IOS/c1-13-7-10(12)6-8-2-4-9(11)5-3-8/h2-5,10,12H,6-7H2,1H3. The maximum Gasteiger partial charge on any atom is 0.0670 e. The first-order valence-electron chi connectivity index (χ1n) is 4.14. The predicted octanol–water partition coefficient (Wildman–Crippen LogP) is 2.56. The van der Waals surface area contributed by atoms with Crippen LogP contribution in [-0.2, 0) is 6.42 Å². The van der Waals surface area contributed by atoms with Gasteiger partial charge in [0.2, 0.25) is 0 Å². The van der Waals surface area contributed by atoms with Crippen molar-refractivity contribution >= 4 is 34.4 Å². The Labute approximate surface area is 97.1 Å². The lowest BCUT2D eigenvalue weighted by Crippen LogP contribution is -2.13. The summed E-state index contributed by atoms with van der Waals surface area (Å²) < 4.78 is 1.24. The second-order valence-corrected chi connectivity index (χ2v) is 5.10. The molecule has 0 spiro atoms. The number of aliphatic hydroxyl groups excluding tert-OH is 1. The van der Waals surface area contributed by atoms with Crippen LogP contribution >= 0.6 is 34.4 Å². The Bertz CT molecular complexity index is 248. The van der Waals surface area contributed by atoms with Gasteiger partial charge in [-0.3, -0.25) is 0 Å². The molecule has 13 heavy (non-hydrogen) atoms. The summed E-state index contributed by atoms with van der Waals surface area (Å²) in [5, 5.41) is 9.55. The van der Waals surface area contributed by atoms with Crippen molar-refractivity contribution in [2.24, 2.45) is 0 Å². The van der Waals surface area contributed by atoms with Crippen LogP contribution in [0.3, 0.4) is 0 Å². The third-order valence-corrected chi connectivity index (χ3v) is 3.18. The van der Waals surface area contributed by atoms with Crippen LogP contribution < -0.4 is 0 Å². The Kier molecular flexibility index (Phi) is 5.13. The Morgan fingerprint density at radius 3 is 2.54 bits per heavy atom. The molecule has 1 nitrogen and oxygen atoms in total. The van der Waals surface area contributed by atoms with Crippen molar-refractivity contribution in [3.8, 4) is 0 Å². The predicted molar refractivity (Wildman–Crippen MR) is 67.3 cm³/mol. The van der Waals surface area contributed by atoms with Gasteiger partial charge in [-0.2, -0.15) is 11.8 Å². The van der Waals surface area contributed by atoms with Gasteiger partial charge in [-0.15, -0.1) is 0 Å². The van der Waals surface area contributed by atoms with Crippen molar-refractivity contribution in [2.45, 2.75) is 12.5 Å². The first-order valence-corrected chi connectivity index (χ1v) is 6.61. The van der Waals surface area contributed by atoms with Crippen LogP contribution in [0.25, 0.3) is 0 Å². The zero-order valence-corrected chi connectivity index (χ0v) is 10.5. The maximum atomic E-state index is 9.55. The first kappa shape index (κ1) is 11.3. The van der Waals surface area contributed by atoms with Crippen molar-refractivity contribution in [2.75, 3.05) is 12.0 Å². The van der Waals surface area contributed by atoms with Crippen LogP contribution in [0.15, 0.2) is 24.3 Å². The summed E-state index contributed by atoms with van der Waals surface area (Å²) in [6.45, 7) is 0. The third kappa shape index (κ3) is 4.33. The van der Waals surface area contributed by atoms with E-state index in [0.29, 0.717) is 0 Å². The van der Waals surface area contributed by atoms with E-state index < -0.39 is 0 Å². The average molecular weight is 308 g/mol. The van der Waals surface area contributed by atoms with Gasteiger partial charge in [-0.1, -0.05) is 12.1 Å². The molecule has 1 atom stereocenters. The smallest absolute Gasteiger partial charge is 0.0670 e. The molecule has 1 unspecified atom stereocenters. The molecule has 0 aliphatic rings. The lowest BCUT2D eigenvalue weighted by molar-refractivity contribution is 0.200. The molecule has 0 amide bonds. The van der Waals surface area contributed by atoms with Gasteiger partial charge in [0.1, 0.15) is 0 Å². The van der Waals surface area contributed by atoms with Gasteiger partial charge in [-0.05, 0) is 53.0 Å². The lowest BCUT2D eigenvalue weighted by Gasteiger charge is -2.08. The molecule has 1 rings (SSSR count). The topological polar surface area (TPSA) is 20.2 Å². The highest BCUT2D eigenvalue weighted by molar-refractivity contribution is 14.1. The van der Waals surface area contributed by atoms with Crippen LogP contribution in [0, 0.1) is 3.57 Å². The van der Waals surface area contributed by atoms with E-state index in [1.165, 1.54) is 9.13 Å². The number of rotatable bonds is 4. The van der Waals surface area contributed by atoms with Crippen molar-refractivity contribution in [1.29, 1.82) is 0 Å². The fraction of sp³-hybridized carbons (Fsp3) is 0.400. The molecule has 3 heteroatoms. The molecule has 0 heterocycles. The SMILES string of the molecule is CSCC(O)Cc1ccc(I)cc1. The molecular weight excluding hydrogens is 295 g/mol. The summed E-state index contributed by atoms with van der Waals surface area (Å²) in [5.74, 6) is 0.811. The summed E-state index contributed by atoms with van der Waals surface area (Å²) in [5.41, 5.74) is 1.21. The molecule has 1 aromatic rings. The van der Waals surface area contributed by atoms with Crippen LogP contribution in [0.2, 0.25) is 0 Å². The summed E-state index contributed by atoms with van der Waals surface area (Å²) in [7, 11) is 0. The van der Waals surface area contributed by atoms with Crippen molar-refractivity contribution in [3.63, 3.8) is 0 Å². The summed E-state index contributed by atoms with van der Waals surface area (Å²) >= 11 is 3.96. The second-order valence-electron chi connectivity index (χ2n) is 2.94. The largest absolute Gasteiger partial charge is 0.392 e. The van der Waals surface area contributed by atoms with E-state index >= 15 is 0 Å². The minimum Gasteiger partial charge on any atom is -0.392 e. The molecule has 0 aromatic heterocycles. The van der Waals surface area contributed by atoms with Crippen LogP contribution in [0.5, 0.6) is 0 Å². The highest BCUT2D eigenvalue weighted by Crippen LogP contribution is 2.10. The molecule has 0 radical (unpaired) electrons. The van der Waals surface area contributed by atoms with E-state index in [4.69, 9.17) is 0 Å². The minimum absolute atomic E-state index is 0.213. The summed E-state index contributed by atoms with van der Waals surface area (Å²) in [6, 6.07) is 8.29. The normalized spacial score (nSPS) is 12.8. The number of aliphatic hydroxyl groups is 1. The average Bonchev–Trinajstić information content (AvgIpc) is 2.09. The zero-order valence-electron chi connectivity index (χ0n) is 7.53. The highest BCUT2D eigenvalue weighted by atomic mass is 127. The van der Waals surface area contributed by atoms with Gasteiger partial charge in [0.05, 0.1) is 6.10 Å². The van der Waals surface area contributed by atoms with Crippen molar-refractivity contribution in [1.82, 2.24) is 0 Å². The molecule has 0 aliphatic heterocycles. The molecule has 0 saturated carbocycles. The van der Waals surface area contributed by atoms with Crippen LogP contribution in [-0.4, -0.2) is 23.2 Å². The highest BCUT2D eigenvalue weighted by Gasteiger charge is 2.03. The number of hydrogen-bond acceptors (Lipinski definition) is 2. The molecule has 1 N–H and O–H groups in total. The van der Waals surface area contributed by atoms with E-state index in [1.807, 2.05) is 6.26 Å². The van der Waals surface area contributed by atoms with Crippen LogP contribution in [0.4, 0.5) is 0 Å². The van der Waals surface area contributed by atoms with Gasteiger partial charge in [-0.25, -0.2) is 0 Å². The van der Waals surface area contributed by atoms with E-state index in [-0.39, 0.29) is 6.10 Å². The molecule has 0 fully saturated rings. The van der Waals surface area contributed by atoms with Gasteiger partial charge in [0.25, 0.3) is 0 Å². The number of halogens is 1. The van der Waals surface area contributed by atoms with E-state index in [0.717, 1.165) is 12.2 Å². The summed E-state index contributed by atoms with van der Waals surface area (Å²) in [6.07, 6.45) is 2.56. The van der Waals surface area contributed by atoms with Gasteiger partial charge in [0, 0.05) is 9.32 Å². The monoisotopic (exact) mass is 308 g/mol. The number of benzene rings is 1. The Hall–Kier alpha value is 0.260. The number of thioether (sulfide) groups is 1. The van der Waals surface area contributed by atoms with Gasteiger partial charge < -0.3 is 5.11 Å². The molecular formula is C10H13IOS. The Balaban J connectivity index is 2.49. The van der Waals surface area contributed by atoms with E-state index in [2.05, 4.69) is 46.9 Å². The molecule has 72 valence electrons. The molecule has 1 aromatic carbocycles. The Morgan fingerprint density at radius 1 is 1.38 bits per heavy atom. The minimum atomic E-state index is -0.213. The van der Waals surface area contributed by atoms with Crippen molar-refractivity contribution in [3.05, 3.63) is 33.4 Å². The molecule has 0 aliphatic carbocycles. The quantitative estimate of drug-likeness (QED) is 0.863. The second kappa shape index (κ2) is 5.88. The fourth-order valence-electron chi connectivity index (χ4n) is 1.14. The van der Waals surface area contributed by atoms with Crippen LogP contribution in [0.1, 0.15) is 5.56 Å². The fourth-order valence-corrected chi connectivity index (χ4v) is 2.01. The first-order chi connectivity index (χ1) is 6.22. The molecule has 0 saturated heterocycles. The van der Waals surface area contributed by atoms with Gasteiger partial charge >= 0.3 is 0 Å². The van der Waals surface area contributed by atoms with E-state index in [1.54, 1.807) is 11.8 Å². The number of hydrogen-bond donors (Lipinski definition) is 1. The van der Waals surface area contributed by atoms with Crippen molar-refractivity contribution < 1.29 is 5.11 Å². The Morgan fingerprint density at radius 2 is 2.00 bits per heavy atom. The zero-order chi connectivity index (χ0) is 9.68.